The predicted octanol–water partition coefficient (Wildman–Crippen LogP) is 6.79. The number of ketones is 1. The maximum Gasteiger partial charge on any atom is 0.269 e. The first-order valence-corrected chi connectivity index (χ1v) is 12.1. The van der Waals surface area contributed by atoms with Crippen LogP contribution in [0.5, 0.6) is 0 Å². The number of rotatable bonds is 4. The molecule has 7 heteroatoms. The summed E-state index contributed by atoms with van der Waals surface area (Å²) in [6.07, 6.45) is 0.836. The third-order valence-electron chi connectivity index (χ3n) is 6.95. The van der Waals surface area contributed by atoms with Crippen LogP contribution >= 0.6 is 0 Å². The van der Waals surface area contributed by atoms with Gasteiger partial charge in [0.1, 0.15) is 11.6 Å². The molecule has 2 N–H and O–H groups in total. The fourth-order valence-corrected chi connectivity index (χ4v) is 5.38. The second-order valence-electron chi connectivity index (χ2n) is 10.2. The van der Waals surface area contributed by atoms with Gasteiger partial charge < -0.3 is 5.11 Å². The Morgan fingerprint density at radius 3 is 2.30 bits per heavy atom. The van der Waals surface area contributed by atoms with Crippen molar-refractivity contribution in [2.24, 2.45) is 5.41 Å². The van der Waals surface area contributed by atoms with Gasteiger partial charge in [-0.2, -0.15) is 0 Å². The Labute approximate surface area is 215 Å². The van der Waals surface area contributed by atoms with Crippen molar-refractivity contribution >= 4 is 28.8 Å². The SMILES string of the molecule is CC1(C)CC(=O)C2=C(C1)N(c1ccccc1)C(=N)/C(=C(/O)c1ccccc1)C2c1cccc([N+](=O)[O-])c1. The molecule has 1 atom stereocenters. The molecule has 5 rings (SSSR count). The van der Waals surface area contributed by atoms with Gasteiger partial charge >= 0.3 is 0 Å². The molecule has 0 bridgehead atoms. The number of Topliss-reactive ketones (excluding diaryl/α,β-unsaturated/α-hetero) is 1. The number of para-hydroxylation sites is 1. The van der Waals surface area contributed by atoms with Crippen LogP contribution in [-0.4, -0.2) is 21.6 Å². The first-order valence-electron chi connectivity index (χ1n) is 12.1. The number of carbonyl (C=O) groups excluding carboxylic acids is 1. The monoisotopic (exact) mass is 493 g/mol. The quantitative estimate of drug-likeness (QED) is 0.236. The van der Waals surface area contributed by atoms with E-state index in [9.17, 15) is 25.4 Å². The number of nitrogens with zero attached hydrogens (tertiary/aromatic N) is 2. The van der Waals surface area contributed by atoms with E-state index in [4.69, 9.17) is 0 Å². The molecule has 1 aliphatic carbocycles. The Bertz CT molecular complexity index is 1470. The van der Waals surface area contributed by atoms with Crippen molar-refractivity contribution < 1.29 is 14.8 Å². The van der Waals surface area contributed by atoms with E-state index in [0.29, 0.717) is 40.9 Å². The zero-order valence-electron chi connectivity index (χ0n) is 20.6. The lowest BCUT2D eigenvalue weighted by atomic mass is 9.67. The van der Waals surface area contributed by atoms with Crippen LogP contribution in [0.15, 0.2) is 102 Å². The number of aliphatic hydroxyl groups excluding tert-OH is 1. The predicted molar refractivity (Wildman–Crippen MR) is 144 cm³/mol. The number of allylic oxidation sites excluding steroid dienone is 2. The molecule has 1 unspecified atom stereocenters. The zero-order valence-corrected chi connectivity index (χ0v) is 20.6. The molecule has 0 saturated heterocycles. The Balaban J connectivity index is 1.86. The molecule has 0 spiro atoms. The fourth-order valence-electron chi connectivity index (χ4n) is 5.38. The minimum Gasteiger partial charge on any atom is -0.507 e. The van der Waals surface area contributed by atoms with Crippen molar-refractivity contribution in [2.45, 2.75) is 32.6 Å². The minimum atomic E-state index is -0.828. The molecule has 1 heterocycles. The van der Waals surface area contributed by atoms with Crippen molar-refractivity contribution in [3.8, 4) is 0 Å². The van der Waals surface area contributed by atoms with Gasteiger partial charge in [-0.25, -0.2) is 0 Å². The van der Waals surface area contributed by atoms with Crippen LogP contribution in [0.25, 0.3) is 5.76 Å². The highest BCUT2D eigenvalue weighted by Gasteiger charge is 2.47. The number of nitrogens with one attached hydrogen (secondary N) is 1. The van der Waals surface area contributed by atoms with E-state index in [1.54, 1.807) is 41.3 Å². The van der Waals surface area contributed by atoms with Gasteiger partial charge in [0.05, 0.1) is 4.92 Å². The second kappa shape index (κ2) is 9.17. The van der Waals surface area contributed by atoms with Crippen LogP contribution in [-0.2, 0) is 4.79 Å². The van der Waals surface area contributed by atoms with Crippen molar-refractivity contribution in [1.82, 2.24) is 0 Å². The van der Waals surface area contributed by atoms with Crippen LogP contribution in [0.4, 0.5) is 11.4 Å². The van der Waals surface area contributed by atoms with Crippen molar-refractivity contribution in [1.29, 1.82) is 5.41 Å². The van der Waals surface area contributed by atoms with Crippen LogP contribution in [0.1, 0.15) is 43.7 Å². The second-order valence-corrected chi connectivity index (χ2v) is 10.2. The third-order valence-corrected chi connectivity index (χ3v) is 6.95. The summed E-state index contributed by atoms with van der Waals surface area (Å²) in [5.41, 5.74) is 2.65. The lowest BCUT2D eigenvalue weighted by molar-refractivity contribution is -0.384. The molecular weight excluding hydrogens is 466 g/mol. The highest BCUT2D eigenvalue weighted by atomic mass is 16.6. The number of non-ortho nitro benzene ring substituents is 1. The molecule has 0 fully saturated rings. The molecule has 37 heavy (non-hydrogen) atoms. The Morgan fingerprint density at radius 1 is 1.00 bits per heavy atom. The van der Waals surface area contributed by atoms with Crippen molar-refractivity contribution in [3.05, 3.63) is 123 Å². The smallest absolute Gasteiger partial charge is 0.269 e. The average Bonchev–Trinajstić information content (AvgIpc) is 2.88. The van der Waals surface area contributed by atoms with Gasteiger partial charge in [0.15, 0.2) is 5.78 Å². The molecule has 1 aliphatic heterocycles. The Kier molecular flexibility index (Phi) is 5.99. The number of carbonyl (C=O) groups is 1. The highest BCUT2D eigenvalue weighted by molar-refractivity contribution is 6.19. The summed E-state index contributed by atoms with van der Waals surface area (Å²) in [6.45, 7) is 4.05. The molecule has 0 radical (unpaired) electrons. The Hall–Kier alpha value is -4.52. The van der Waals surface area contributed by atoms with Gasteiger partial charge in [-0.05, 0) is 29.5 Å². The average molecular weight is 494 g/mol. The lowest BCUT2D eigenvalue weighted by Crippen LogP contribution is -2.45. The van der Waals surface area contributed by atoms with Gasteiger partial charge in [-0.15, -0.1) is 0 Å². The number of benzene rings is 3. The molecule has 186 valence electrons. The standard InChI is InChI=1S/C30H27N3O4/c1-30(2)17-23-26(24(34)18-30)25(20-12-9-15-22(16-20)33(36)37)27(28(35)19-10-5-3-6-11-19)29(31)32(23)21-13-7-4-8-14-21/h3-16,25,31,35H,17-18H2,1-2H3/b28-27+,31-29?. The summed E-state index contributed by atoms with van der Waals surface area (Å²) < 4.78 is 0. The summed E-state index contributed by atoms with van der Waals surface area (Å²) in [7, 11) is 0. The summed E-state index contributed by atoms with van der Waals surface area (Å²) >= 11 is 0. The van der Waals surface area contributed by atoms with E-state index in [-0.39, 0.29) is 34.1 Å². The van der Waals surface area contributed by atoms with E-state index in [1.165, 1.54) is 12.1 Å². The maximum atomic E-state index is 13.8. The van der Waals surface area contributed by atoms with Crippen LogP contribution in [0, 0.1) is 20.9 Å². The van der Waals surface area contributed by atoms with Gasteiger partial charge in [-0.1, -0.05) is 74.5 Å². The summed E-state index contributed by atoms with van der Waals surface area (Å²) in [5.74, 6) is -1.01. The number of anilines is 1. The minimum absolute atomic E-state index is 0.0355. The van der Waals surface area contributed by atoms with E-state index < -0.39 is 10.8 Å². The highest BCUT2D eigenvalue weighted by Crippen LogP contribution is 2.51. The number of nitro benzene ring substituents is 1. The van der Waals surface area contributed by atoms with Crippen LogP contribution in [0.2, 0.25) is 0 Å². The molecule has 2 aliphatic rings. The number of hydrogen-bond donors (Lipinski definition) is 2. The number of nitro groups is 1. The third kappa shape index (κ3) is 4.33. The number of amidine groups is 1. The fraction of sp³-hybridized carbons (Fsp3) is 0.200. The zero-order chi connectivity index (χ0) is 26.3. The maximum absolute atomic E-state index is 13.8. The van der Waals surface area contributed by atoms with Gasteiger partial charge in [0, 0.05) is 52.6 Å². The van der Waals surface area contributed by atoms with Gasteiger partial charge in [0.2, 0.25) is 0 Å². The summed E-state index contributed by atoms with van der Waals surface area (Å²) in [6, 6.07) is 24.4. The lowest BCUT2D eigenvalue weighted by Gasteiger charge is -2.45. The normalized spacial score (nSPS) is 20.5. The molecule has 7 nitrogen and oxygen atoms in total. The van der Waals surface area contributed by atoms with E-state index in [1.807, 2.05) is 50.2 Å². The molecule has 0 aromatic heterocycles. The van der Waals surface area contributed by atoms with Gasteiger partial charge in [0.25, 0.3) is 5.69 Å². The topological polar surface area (TPSA) is 108 Å². The largest absolute Gasteiger partial charge is 0.507 e. The van der Waals surface area contributed by atoms with Crippen molar-refractivity contribution in [2.75, 3.05) is 4.90 Å². The van der Waals surface area contributed by atoms with Gasteiger partial charge in [-0.3, -0.25) is 25.2 Å². The first kappa shape index (κ1) is 24.2. The van der Waals surface area contributed by atoms with E-state index >= 15 is 0 Å². The Morgan fingerprint density at radius 2 is 1.65 bits per heavy atom. The van der Waals surface area contributed by atoms with Crippen LogP contribution in [0.3, 0.4) is 0 Å². The molecule has 3 aromatic rings. The molecule has 3 aromatic carbocycles. The van der Waals surface area contributed by atoms with E-state index in [0.717, 1.165) is 0 Å². The molecular formula is C30H27N3O4. The molecule has 0 saturated carbocycles. The van der Waals surface area contributed by atoms with E-state index in [2.05, 4.69) is 0 Å². The summed E-state index contributed by atoms with van der Waals surface area (Å²) in [4.78, 5) is 26.7. The number of hydrogen-bond acceptors (Lipinski definition) is 5. The van der Waals surface area contributed by atoms with Crippen LogP contribution < -0.4 is 4.90 Å². The van der Waals surface area contributed by atoms with Crippen molar-refractivity contribution in [3.63, 3.8) is 0 Å². The summed E-state index contributed by atoms with van der Waals surface area (Å²) in [5, 5.41) is 32.6. The molecule has 0 amide bonds. The first-order chi connectivity index (χ1) is 17.7. The number of aliphatic hydroxyl groups is 1.